The third-order valence-corrected chi connectivity index (χ3v) is 1.67. The molecule has 0 rings (SSSR count). The zero-order valence-corrected chi connectivity index (χ0v) is 6.32. The Morgan fingerprint density at radius 1 is 1.10 bits per heavy atom. The number of aliphatic hydroxyl groups excluding tert-OH is 3. The SMILES string of the molecule is C[C@H](CCO)[C@H](O)CCO. The van der Waals surface area contributed by atoms with Crippen LogP contribution < -0.4 is 0 Å². The van der Waals surface area contributed by atoms with Crippen molar-refractivity contribution < 1.29 is 15.3 Å². The molecule has 0 bridgehead atoms. The van der Waals surface area contributed by atoms with Gasteiger partial charge in [0.2, 0.25) is 0 Å². The predicted octanol–water partition coefficient (Wildman–Crippen LogP) is -0.252. The van der Waals surface area contributed by atoms with Crippen LogP contribution in [-0.4, -0.2) is 34.6 Å². The molecule has 0 aliphatic carbocycles. The Hall–Kier alpha value is -0.120. The first-order valence-corrected chi connectivity index (χ1v) is 3.62. The molecule has 2 atom stereocenters. The molecule has 0 aliphatic rings. The van der Waals surface area contributed by atoms with Crippen molar-refractivity contribution in [1.82, 2.24) is 0 Å². The smallest absolute Gasteiger partial charge is 0.0588 e. The maximum atomic E-state index is 9.18. The summed E-state index contributed by atoms with van der Waals surface area (Å²) in [7, 11) is 0. The topological polar surface area (TPSA) is 60.7 Å². The number of rotatable bonds is 5. The second-order valence-electron chi connectivity index (χ2n) is 2.57. The van der Waals surface area contributed by atoms with Crippen LogP contribution in [0.5, 0.6) is 0 Å². The lowest BCUT2D eigenvalue weighted by molar-refractivity contribution is 0.0731. The fourth-order valence-corrected chi connectivity index (χ4v) is 0.813. The average molecular weight is 148 g/mol. The second-order valence-corrected chi connectivity index (χ2v) is 2.57. The molecule has 62 valence electrons. The standard InChI is InChI=1S/C7H16O3/c1-6(2-4-8)7(10)3-5-9/h6-10H,2-5H2,1H3/t6-,7-/m1/s1. The van der Waals surface area contributed by atoms with Gasteiger partial charge in [0.25, 0.3) is 0 Å². The fraction of sp³-hybridized carbons (Fsp3) is 1.00. The maximum absolute atomic E-state index is 9.18. The quantitative estimate of drug-likeness (QED) is 0.504. The molecular weight excluding hydrogens is 132 g/mol. The van der Waals surface area contributed by atoms with E-state index in [0.29, 0.717) is 12.8 Å². The van der Waals surface area contributed by atoms with E-state index in [0.717, 1.165) is 0 Å². The summed E-state index contributed by atoms with van der Waals surface area (Å²) in [6.07, 6.45) is 0.527. The molecule has 0 saturated heterocycles. The van der Waals surface area contributed by atoms with Gasteiger partial charge in [0.05, 0.1) is 6.10 Å². The summed E-state index contributed by atoms with van der Waals surface area (Å²) < 4.78 is 0. The van der Waals surface area contributed by atoms with Crippen LogP contribution in [0.4, 0.5) is 0 Å². The van der Waals surface area contributed by atoms with Crippen LogP contribution in [-0.2, 0) is 0 Å². The average Bonchev–Trinajstić information content (AvgIpc) is 1.89. The molecule has 0 spiro atoms. The predicted molar refractivity (Wildman–Crippen MR) is 38.6 cm³/mol. The fourth-order valence-electron chi connectivity index (χ4n) is 0.813. The first-order valence-electron chi connectivity index (χ1n) is 3.62. The van der Waals surface area contributed by atoms with E-state index in [2.05, 4.69) is 0 Å². The Morgan fingerprint density at radius 2 is 1.60 bits per heavy atom. The minimum absolute atomic E-state index is 0.0108. The van der Waals surface area contributed by atoms with Crippen molar-refractivity contribution in [2.24, 2.45) is 5.92 Å². The van der Waals surface area contributed by atoms with E-state index in [-0.39, 0.29) is 19.1 Å². The van der Waals surface area contributed by atoms with Gasteiger partial charge in [0, 0.05) is 13.2 Å². The van der Waals surface area contributed by atoms with Crippen LogP contribution in [0, 0.1) is 5.92 Å². The molecule has 0 aromatic heterocycles. The molecule has 0 saturated carbocycles. The molecule has 0 heterocycles. The third-order valence-electron chi connectivity index (χ3n) is 1.67. The van der Waals surface area contributed by atoms with Gasteiger partial charge in [-0.25, -0.2) is 0 Å². The highest BCUT2D eigenvalue weighted by molar-refractivity contribution is 4.62. The summed E-state index contributed by atoms with van der Waals surface area (Å²) in [5.41, 5.74) is 0. The van der Waals surface area contributed by atoms with Gasteiger partial charge in [-0.1, -0.05) is 6.92 Å². The molecule has 0 amide bonds. The summed E-state index contributed by atoms with van der Waals surface area (Å²) in [6, 6.07) is 0. The van der Waals surface area contributed by atoms with E-state index in [9.17, 15) is 5.11 Å². The zero-order chi connectivity index (χ0) is 7.98. The highest BCUT2D eigenvalue weighted by Crippen LogP contribution is 2.09. The molecule has 0 radical (unpaired) electrons. The van der Waals surface area contributed by atoms with E-state index in [4.69, 9.17) is 10.2 Å². The van der Waals surface area contributed by atoms with E-state index in [1.54, 1.807) is 0 Å². The highest BCUT2D eigenvalue weighted by atomic mass is 16.3. The molecule has 3 N–H and O–H groups in total. The van der Waals surface area contributed by atoms with Crippen LogP contribution in [0.2, 0.25) is 0 Å². The normalized spacial score (nSPS) is 16.8. The second kappa shape index (κ2) is 5.65. The lowest BCUT2D eigenvalue weighted by atomic mass is 9.99. The monoisotopic (exact) mass is 148 g/mol. The van der Waals surface area contributed by atoms with Gasteiger partial charge >= 0.3 is 0 Å². The highest BCUT2D eigenvalue weighted by Gasteiger charge is 2.11. The molecule has 3 heteroatoms. The summed E-state index contributed by atoms with van der Waals surface area (Å²) in [5, 5.41) is 26.1. The van der Waals surface area contributed by atoms with E-state index < -0.39 is 6.10 Å². The molecule has 3 nitrogen and oxygen atoms in total. The van der Waals surface area contributed by atoms with Crippen molar-refractivity contribution in [2.75, 3.05) is 13.2 Å². The lowest BCUT2D eigenvalue weighted by Crippen LogP contribution is -2.19. The molecule has 0 unspecified atom stereocenters. The number of aliphatic hydroxyl groups is 3. The van der Waals surface area contributed by atoms with E-state index >= 15 is 0 Å². The molecule has 0 fully saturated rings. The Bertz CT molecular complexity index is 65.3. The summed E-state index contributed by atoms with van der Waals surface area (Å²) in [4.78, 5) is 0. The summed E-state index contributed by atoms with van der Waals surface area (Å²) in [6.45, 7) is 1.97. The van der Waals surface area contributed by atoms with Gasteiger partial charge in [-0.3, -0.25) is 0 Å². The summed E-state index contributed by atoms with van der Waals surface area (Å²) >= 11 is 0. The Labute approximate surface area is 61.3 Å². The lowest BCUT2D eigenvalue weighted by Gasteiger charge is -2.15. The maximum Gasteiger partial charge on any atom is 0.0588 e. The van der Waals surface area contributed by atoms with Gasteiger partial charge in [-0.2, -0.15) is 0 Å². The first-order chi connectivity index (χ1) is 4.72. The van der Waals surface area contributed by atoms with Crippen molar-refractivity contribution in [2.45, 2.75) is 25.9 Å². The molecule has 0 aromatic carbocycles. The van der Waals surface area contributed by atoms with Crippen molar-refractivity contribution in [3.63, 3.8) is 0 Å². The van der Waals surface area contributed by atoms with Gasteiger partial charge in [-0.15, -0.1) is 0 Å². The Kier molecular flexibility index (Phi) is 5.58. The first kappa shape index (κ1) is 9.88. The molecular formula is C7H16O3. The number of hydrogen-bond donors (Lipinski definition) is 3. The minimum Gasteiger partial charge on any atom is -0.396 e. The summed E-state index contributed by atoms with van der Waals surface area (Å²) in [5.74, 6) is 0.0807. The van der Waals surface area contributed by atoms with Crippen LogP contribution in [0.3, 0.4) is 0 Å². The zero-order valence-electron chi connectivity index (χ0n) is 6.32. The van der Waals surface area contributed by atoms with Crippen molar-refractivity contribution in [3.05, 3.63) is 0 Å². The van der Waals surface area contributed by atoms with Gasteiger partial charge in [0.1, 0.15) is 0 Å². The Morgan fingerprint density at radius 3 is 2.00 bits per heavy atom. The molecule has 10 heavy (non-hydrogen) atoms. The number of hydrogen-bond acceptors (Lipinski definition) is 3. The van der Waals surface area contributed by atoms with Crippen molar-refractivity contribution >= 4 is 0 Å². The van der Waals surface area contributed by atoms with Crippen molar-refractivity contribution in [1.29, 1.82) is 0 Å². The van der Waals surface area contributed by atoms with Crippen LogP contribution in [0.15, 0.2) is 0 Å². The van der Waals surface area contributed by atoms with Crippen LogP contribution in [0.1, 0.15) is 19.8 Å². The van der Waals surface area contributed by atoms with Crippen LogP contribution in [0.25, 0.3) is 0 Å². The van der Waals surface area contributed by atoms with Gasteiger partial charge in [-0.05, 0) is 18.8 Å². The largest absolute Gasteiger partial charge is 0.396 e. The Balaban J connectivity index is 3.38. The van der Waals surface area contributed by atoms with Gasteiger partial charge < -0.3 is 15.3 Å². The van der Waals surface area contributed by atoms with E-state index in [1.807, 2.05) is 6.92 Å². The van der Waals surface area contributed by atoms with Crippen LogP contribution >= 0.6 is 0 Å². The van der Waals surface area contributed by atoms with E-state index in [1.165, 1.54) is 0 Å². The van der Waals surface area contributed by atoms with Gasteiger partial charge in [0.15, 0.2) is 0 Å². The van der Waals surface area contributed by atoms with Crippen molar-refractivity contribution in [3.8, 4) is 0 Å². The third kappa shape index (κ3) is 3.82. The minimum atomic E-state index is -0.475. The molecule has 0 aromatic rings. The molecule has 0 aliphatic heterocycles.